The van der Waals surface area contributed by atoms with Crippen molar-refractivity contribution in [1.29, 1.82) is 0 Å². The summed E-state index contributed by atoms with van der Waals surface area (Å²) in [4.78, 5) is 6.87. The van der Waals surface area contributed by atoms with E-state index in [0.29, 0.717) is 5.41 Å². The van der Waals surface area contributed by atoms with E-state index < -0.39 is 0 Å². The minimum Gasteiger partial charge on any atom is -0.356 e. The first-order valence-corrected chi connectivity index (χ1v) is 8.29. The summed E-state index contributed by atoms with van der Waals surface area (Å²) in [5.41, 5.74) is 1.80. The third-order valence-corrected chi connectivity index (χ3v) is 5.37. The van der Waals surface area contributed by atoms with Crippen LogP contribution in [0, 0.1) is 5.41 Å². The molecule has 1 saturated carbocycles. The van der Waals surface area contributed by atoms with Gasteiger partial charge in [0, 0.05) is 31.7 Å². The van der Waals surface area contributed by atoms with Gasteiger partial charge < -0.3 is 10.2 Å². The van der Waals surface area contributed by atoms with Crippen molar-refractivity contribution in [3.05, 3.63) is 34.9 Å². The number of rotatable bonds is 3. The van der Waals surface area contributed by atoms with Crippen molar-refractivity contribution in [1.82, 2.24) is 10.2 Å². The molecule has 0 atom stereocenters. The average molecular weight is 306 g/mol. The van der Waals surface area contributed by atoms with Crippen LogP contribution in [-0.2, 0) is 6.42 Å². The van der Waals surface area contributed by atoms with Crippen LogP contribution in [0.4, 0.5) is 0 Å². The maximum Gasteiger partial charge on any atom is 0.193 e. The molecule has 1 N–H and O–H groups in total. The van der Waals surface area contributed by atoms with E-state index in [0.717, 1.165) is 30.5 Å². The zero-order chi connectivity index (χ0) is 14.7. The Morgan fingerprint density at radius 2 is 2.14 bits per heavy atom. The third kappa shape index (κ3) is 3.18. The number of benzene rings is 1. The SMILES string of the molecule is CN=C(NCCc1ccccc1Cl)N1CCC2(CCC2)C1. The molecule has 1 aliphatic heterocycles. The molecule has 3 nitrogen and oxygen atoms in total. The number of nitrogens with one attached hydrogen (secondary N) is 1. The second kappa shape index (κ2) is 6.27. The number of guanidine groups is 1. The highest BCUT2D eigenvalue weighted by molar-refractivity contribution is 6.31. The number of likely N-dealkylation sites (tertiary alicyclic amines) is 1. The summed E-state index contributed by atoms with van der Waals surface area (Å²) >= 11 is 6.20. The number of nitrogens with zero attached hydrogens (tertiary/aromatic N) is 2. The van der Waals surface area contributed by atoms with Crippen LogP contribution in [0.1, 0.15) is 31.2 Å². The van der Waals surface area contributed by atoms with Crippen molar-refractivity contribution < 1.29 is 0 Å². The molecular formula is C17H24ClN3. The topological polar surface area (TPSA) is 27.6 Å². The van der Waals surface area contributed by atoms with Gasteiger partial charge >= 0.3 is 0 Å². The van der Waals surface area contributed by atoms with Crippen LogP contribution in [0.2, 0.25) is 5.02 Å². The molecule has 1 aliphatic carbocycles. The molecule has 0 bridgehead atoms. The molecule has 1 saturated heterocycles. The second-order valence-corrected chi connectivity index (χ2v) is 6.75. The van der Waals surface area contributed by atoms with Crippen LogP contribution in [-0.4, -0.2) is 37.5 Å². The van der Waals surface area contributed by atoms with Gasteiger partial charge in [0.1, 0.15) is 0 Å². The van der Waals surface area contributed by atoms with Gasteiger partial charge in [-0.3, -0.25) is 4.99 Å². The van der Waals surface area contributed by atoms with E-state index in [-0.39, 0.29) is 0 Å². The van der Waals surface area contributed by atoms with Crippen LogP contribution < -0.4 is 5.32 Å². The fourth-order valence-electron chi connectivity index (χ4n) is 3.54. The van der Waals surface area contributed by atoms with E-state index in [9.17, 15) is 0 Å². The van der Waals surface area contributed by atoms with Gasteiger partial charge in [-0.2, -0.15) is 0 Å². The van der Waals surface area contributed by atoms with Crippen molar-refractivity contribution in [2.45, 2.75) is 32.1 Å². The molecular weight excluding hydrogens is 282 g/mol. The summed E-state index contributed by atoms with van der Waals surface area (Å²) < 4.78 is 0. The highest BCUT2D eigenvalue weighted by Gasteiger charge is 2.43. The van der Waals surface area contributed by atoms with Gasteiger partial charge in [0.15, 0.2) is 5.96 Å². The van der Waals surface area contributed by atoms with Crippen molar-refractivity contribution >= 4 is 17.6 Å². The summed E-state index contributed by atoms with van der Waals surface area (Å²) in [5, 5.41) is 4.34. The Morgan fingerprint density at radius 3 is 2.76 bits per heavy atom. The van der Waals surface area contributed by atoms with Crippen LogP contribution in [0.25, 0.3) is 0 Å². The molecule has 1 aromatic rings. The fourth-order valence-corrected chi connectivity index (χ4v) is 3.77. The average Bonchev–Trinajstić information content (AvgIpc) is 2.91. The lowest BCUT2D eigenvalue weighted by atomic mass is 9.68. The lowest BCUT2D eigenvalue weighted by Gasteiger charge is -2.38. The van der Waals surface area contributed by atoms with Crippen LogP contribution >= 0.6 is 11.6 Å². The third-order valence-electron chi connectivity index (χ3n) is 5.00. The standard InChI is InChI=1S/C17H24ClN3/c1-19-16(21-12-10-17(13-21)8-4-9-17)20-11-7-14-5-2-3-6-15(14)18/h2-3,5-6H,4,7-13H2,1H3,(H,19,20). The largest absolute Gasteiger partial charge is 0.356 e. The Balaban J connectivity index is 1.51. The molecule has 2 fully saturated rings. The van der Waals surface area contributed by atoms with Crippen LogP contribution in [0.15, 0.2) is 29.3 Å². The quantitative estimate of drug-likeness (QED) is 0.685. The molecule has 1 heterocycles. The number of aliphatic imine (C=N–C) groups is 1. The Hall–Kier alpha value is -1.22. The highest BCUT2D eigenvalue weighted by atomic mass is 35.5. The van der Waals surface area contributed by atoms with E-state index in [1.54, 1.807) is 0 Å². The normalized spacial score (nSPS) is 20.7. The van der Waals surface area contributed by atoms with Gasteiger partial charge in [-0.15, -0.1) is 0 Å². The zero-order valence-corrected chi connectivity index (χ0v) is 13.5. The van der Waals surface area contributed by atoms with Gasteiger partial charge in [-0.05, 0) is 42.7 Å². The molecule has 114 valence electrons. The number of halogens is 1. The first kappa shape index (κ1) is 14.7. The lowest BCUT2D eigenvalue weighted by molar-refractivity contribution is 0.151. The predicted octanol–water partition coefficient (Wildman–Crippen LogP) is 3.33. The summed E-state index contributed by atoms with van der Waals surface area (Å²) in [6.45, 7) is 3.20. The number of hydrogen-bond donors (Lipinski definition) is 1. The van der Waals surface area contributed by atoms with Crippen molar-refractivity contribution in [3.8, 4) is 0 Å². The summed E-state index contributed by atoms with van der Waals surface area (Å²) in [5.74, 6) is 1.05. The molecule has 1 spiro atoms. The molecule has 21 heavy (non-hydrogen) atoms. The molecule has 4 heteroatoms. The molecule has 0 aromatic heterocycles. The van der Waals surface area contributed by atoms with Gasteiger partial charge in [-0.1, -0.05) is 36.2 Å². The van der Waals surface area contributed by atoms with E-state index in [1.807, 2.05) is 25.2 Å². The van der Waals surface area contributed by atoms with Crippen LogP contribution in [0.3, 0.4) is 0 Å². The van der Waals surface area contributed by atoms with Crippen molar-refractivity contribution in [2.24, 2.45) is 10.4 Å². The zero-order valence-electron chi connectivity index (χ0n) is 12.7. The monoisotopic (exact) mass is 305 g/mol. The maximum atomic E-state index is 6.20. The Kier molecular flexibility index (Phi) is 4.39. The van der Waals surface area contributed by atoms with Gasteiger partial charge in [0.2, 0.25) is 0 Å². The molecule has 0 amide bonds. The van der Waals surface area contributed by atoms with Crippen molar-refractivity contribution in [2.75, 3.05) is 26.7 Å². The predicted molar refractivity (Wildman–Crippen MR) is 89.0 cm³/mol. The Labute approximate surface area is 132 Å². The van der Waals surface area contributed by atoms with Gasteiger partial charge in [0.25, 0.3) is 0 Å². The van der Waals surface area contributed by atoms with Gasteiger partial charge in [0.05, 0.1) is 0 Å². The minimum atomic E-state index is 0.611. The minimum absolute atomic E-state index is 0.611. The maximum absolute atomic E-state index is 6.20. The first-order valence-electron chi connectivity index (χ1n) is 7.91. The second-order valence-electron chi connectivity index (χ2n) is 6.34. The van der Waals surface area contributed by atoms with Crippen molar-refractivity contribution in [3.63, 3.8) is 0 Å². The first-order chi connectivity index (χ1) is 10.2. The lowest BCUT2D eigenvalue weighted by Crippen LogP contribution is -2.43. The number of hydrogen-bond acceptors (Lipinski definition) is 1. The van der Waals surface area contributed by atoms with Crippen LogP contribution in [0.5, 0.6) is 0 Å². The van der Waals surface area contributed by atoms with E-state index in [2.05, 4.69) is 21.3 Å². The Morgan fingerprint density at radius 1 is 1.33 bits per heavy atom. The Bertz CT molecular complexity index is 523. The van der Waals surface area contributed by atoms with E-state index in [1.165, 1.54) is 37.8 Å². The molecule has 1 aromatic carbocycles. The van der Waals surface area contributed by atoms with E-state index >= 15 is 0 Å². The molecule has 0 radical (unpaired) electrons. The highest BCUT2D eigenvalue weighted by Crippen LogP contribution is 2.47. The fraction of sp³-hybridized carbons (Fsp3) is 0.588. The smallest absolute Gasteiger partial charge is 0.193 e. The summed E-state index contributed by atoms with van der Waals surface area (Å²) in [6, 6.07) is 8.05. The van der Waals surface area contributed by atoms with Gasteiger partial charge in [-0.25, -0.2) is 0 Å². The van der Waals surface area contributed by atoms with E-state index in [4.69, 9.17) is 11.6 Å². The molecule has 3 rings (SSSR count). The summed E-state index contributed by atoms with van der Waals surface area (Å²) in [6.07, 6.45) is 6.47. The molecule has 2 aliphatic rings. The molecule has 0 unspecified atom stereocenters. The summed E-state index contributed by atoms with van der Waals surface area (Å²) in [7, 11) is 1.88.